The van der Waals surface area contributed by atoms with E-state index in [9.17, 15) is 9.59 Å². The summed E-state index contributed by atoms with van der Waals surface area (Å²) in [7, 11) is -3.29. The fourth-order valence-corrected chi connectivity index (χ4v) is 14.3. The zero-order valence-electron chi connectivity index (χ0n) is 12.3. The van der Waals surface area contributed by atoms with Gasteiger partial charge in [-0.25, -0.2) is 9.59 Å². The second-order valence-electron chi connectivity index (χ2n) is 6.13. The van der Waals surface area contributed by atoms with Gasteiger partial charge >= 0.3 is 11.9 Å². The summed E-state index contributed by atoms with van der Waals surface area (Å²) >= 11 is 0. The maximum Gasteiger partial charge on any atom is 0.329 e. The van der Waals surface area contributed by atoms with Crippen LogP contribution in [0.25, 0.3) is 0 Å². The second-order valence-corrected chi connectivity index (χ2v) is 16.8. The number of esters is 2. The van der Waals surface area contributed by atoms with Crippen molar-refractivity contribution in [2.75, 3.05) is 12.5 Å². The maximum absolute atomic E-state index is 11.1. The van der Waals surface area contributed by atoms with Gasteiger partial charge in [0.25, 0.3) is 0 Å². The lowest BCUT2D eigenvalue weighted by atomic mass is 10.7. The Morgan fingerprint density at radius 1 is 0.895 bits per heavy atom. The Kier molecular flexibility index (Phi) is 7.00. The monoisotopic (exact) mass is 300 g/mol. The lowest BCUT2D eigenvalue weighted by Crippen LogP contribution is -2.46. The fourth-order valence-electron chi connectivity index (χ4n) is 2.05. The number of hydrogen-bond acceptors (Lipinski definition) is 4. The van der Waals surface area contributed by atoms with Crippen molar-refractivity contribution in [1.29, 1.82) is 0 Å². The van der Waals surface area contributed by atoms with Crippen LogP contribution in [0.5, 0.6) is 0 Å². The summed E-state index contributed by atoms with van der Waals surface area (Å²) in [5, 5.41) is 0. The van der Waals surface area contributed by atoms with Crippen LogP contribution in [-0.2, 0) is 19.1 Å². The largest absolute Gasteiger partial charge is 0.466 e. The molecule has 108 valence electrons. The first-order valence-electron chi connectivity index (χ1n) is 6.20. The molecule has 0 spiro atoms. The van der Waals surface area contributed by atoms with Crippen LogP contribution in [0, 0.1) is 0 Å². The number of carbonyl (C=O) groups is 2. The molecular weight excluding hydrogens is 276 g/mol. The number of ether oxygens (including phenoxy) is 2. The SMILES string of the molecule is C=CC(=O)OC[Si](C)(C)C[Si](C)(C)COC(=O)C=C. The summed E-state index contributed by atoms with van der Waals surface area (Å²) in [5.74, 6) is -0.753. The molecule has 0 bridgehead atoms. The average Bonchev–Trinajstić information content (AvgIpc) is 2.31. The topological polar surface area (TPSA) is 52.6 Å². The molecule has 0 N–H and O–H groups in total. The molecule has 0 atom stereocenters. The van der Waals surface area contributed by atoms with Crippen molar-refractivity contribution in [3.63, 3.8) is 0 Å². The van der Waals surface area contributed by atoms with Gasteiger partial charge in [0, 0.05) is 12.2 Å². The Hall–Kier alpha value is -1.15. The van der Waals surface area contributed by atoms with Gasteiger partial charge < -0.3 is 9.47 Å². The van der Waals surface area contributed by atoms with Gasteiger partial charge in [0.05, 0.1) is 28.6 Å². The van der Waals surface area contributed by atoms with Gasteiger partial charge in [0.2, 0.25) is 0 Å². The Morgan fingerprint density at radius 2 is 1.21 bits per heavy atom. The Labute approximate surface area is 117 Å². The minimum atomic E-state index is -1.65. The number of rotatable bonds is 8. The third-order valence-corrected chi connectivity index (χ3v) is 12.0. The Balaban J connectivity index is 4.36. The van der Waals surface area contributed by atoms with Crippen LogP contribution < -0.4 is 0 Å². The maximum atomic E-state index is 11.1. The van der Waals surface area contributed by atoms with Gasteiger partial charge in [0.15, 0.2) is 0 Å². The standard InChI is InChI=1S/C13H24O4Si2/c1-7-12(14)16-9-18(3,4)11-19(5,6)10-17-13(15)8-2/h7-8H,1-2,9-11H2,3-6H3. The first-order chi connectivity index (χ1) is 8.62. The van der Waals surface area contributed by atoms with E-state index in [0.717, 1.165) is 5.67 Å². The molecule has 0 aliphatic heterocycles. The van der Waals surface area contributed by atoms with Gasteiger partial charge in [0.1, 0.15) is 0 Å². The number of carbonyl (C=O) groups excluding carboxylic acids is 2. The molecule has 0 saturated heterocycles. The molecule has 4 nitrogen and oxygen atoms in total. The summed E-state index contributed by atoms with van der Waals surface area (Å²) in [6.45, 7) is 15.4. The van der Waals surface area contributed by atoms with Crippen molar-refractivity contribution in [3.8, 4) is 0 Å². The third kappa shape index (κ3) is 8.55. The van der Waals surface area contributed by atoms with Gasteiger partial charge in [-0.15, -0.1) is 0 Å². The van der Waals surface area contributed by atoms with Crippen LogP contribution in [0.4, 0.5) is 0 Å². The highest BCUT2D eigenvalue weighted by molar-refractivity contribution is 6.95. The smallest absolute Gasteiger partial charge is 0.329 e. The van der Waals surface area contributed by atoms with Gasteiger partial charge in [-0.3, -0.25) is 0 Å². The molecule has 0 rings (SSSR count). The molecule has 0 heterocycles. The molecule has 19 heavy (non-hydrogen) atoms. The first-order valence-corrected chi connectivity index (χ1v) is 13.0. The summed E-state index contributed by atoms with van der Waals surface area (Å²) in [5.41, 5.74) is 1.02. The van der Waals surface area contributed by atoms with E-state index in [1.54, 1.807) is 0 Å². The minimum absolute atomic E-state index is 0.377. The van der Waals surface area contributed by atoms with E-state index in [4.69, 9.17) is 9.47 Å². The molecule has 0 aliphatic carbocycles. The summed E-state index contributed by atoms with van der Waals surface area (Å²) in [6.07, 6.45) is 3.31. The van der Waals surface area contributed by atoms with Crippen LogP contribution in [0.2, 0.25) is 31.9 Å². The van der Waals surface area contributed by atoms with E-state index in [-0.39, 0.29) is 11.9 Å². The van der Waals surface area contributed by atoms with E-state index in [0.29, 0.717) is 12.5 Å². The van der Waals surface area contributed by atoms with Crippen LogP contribution >= 0.6 is 0 Å². The molecule has 0 amide bonds. The van der Waals surface area contributed by atoms with E-state index < -0.39 is 16.1 Å². The summed E-state index contributed by atoms with van der Waals surface area (Å²) in [6, 6.07) is 0. The molecule has 0 radical (unpaired) electrons. The molecular formula is C13H24O4Si2. The lowest BCUT2D eigenvalue weighted by Gasteiger charge is -2.30. The second kappa shape index (κ2) is 7.44. The van der Waals surface area contributed by atoms with Crippen molar-refractivity contribution < 1.29 is 19.1 Å². The highest BCUT2D eigenvalue weighted by Gasteiger charge is 2.34. The normalized spacial score (nSPS) is 11.6. The lowest BCUT2D eigenvalue weighted by molar-refractivity contribution is -0.136. The first kappa shape index (κ1) is 17.9. The third-order valence-electron chi connectivity index (χ3n) is 2.50. The summed E-state index contributed by atoms with van der Waals surface area (Å²) < 4.78 is 10.3. The van der Waals surface area contributed by atoms with Gasteiger partial charge in [-0.2, -0.15) is 0 Å². The van der Waals surface area contributed by atoms with Crippen molar-refractivity contribution in [2.24, 2.45) is 0 Å². The molecule has 0 aliphatic rings. The Morgan fingerprint density at radius 3 is 1.47 bits per heavy atom. The van der Waals surface area contributed by atoms with Crippen molar-refractivity contribution in [3.05, 3.63) is 25.3 Å². The van der Waals surface area contributed by atoms with Crippen molar-refractivity contribution >= 4 is 28.1 Å². The van der Waals surface area contributed by atoms with Crippen LogP contribution in [0.3, 0.4) is 0 Å². The van der Waals surface area contributed by atoms with Crippen molar-refractivity contribution in [2.45, 2.75) is 31.9 Å². The van der Waals surface area contributed by atoms with E-state index in [1.165, 1.54) is 12.2 Å². The molecule has 0 unspecified atom stereocenters. The van der Waals surface area contributed by atoms with Gasteiger partial charge in [-0.05, 0) is 0 Å². The number of hydrogen-bond donors (Lipinski definition) is 0. The molecule has 6 heteroatoms. The van der Waals surface area contributed by atoms with Crippen LogP contribution in [0.1, 0.15) is 0 Å². The predicted octanol–water partition coefficient (Wildman–Crippen LogP) is 2.48. The highest BCUT2D eigenvalue weighted by Crippen LogP contribution is 2.20. The van der Waals surface area contributed by atoms with Gasteiger partial charge in [-0.1, -0.05) is 45.0 Å². The van der Waals surface area contributed by atoms with E-state index in [1.807, 2.05) is 0 Å². The molecule has 0 aromatic heterocycles. The van der Waals surface area contributed by atoms with E-state index >= 15 is 0 Å². The van der Waals surface area contributed by atoms with Crippen LogP contribution in [-0.4, -0.2) is 40.5 Å². The Bertz CT molecular complexity index is 328. The minimum Gasteiger partial charge on any atom is -0.466 e. The molecule has 0 aromatic carbocycles. The van der Waals surface area contributed by atoms with Crippen molar-refractivity contribution in [1.82, 2.24) is 0 Å². The quantitative estimate of drug-likeness (QED) is 0.392. The predicted molar refractivity (Wildman–Crippen MR) is 82.1 cm³/mol. The fraction of sp³-hybridized carbons (Fsp3) is 0.538. The van der Waals surface area contributed by atoms with Crippen LogP contribution in [0.15, 0.2) is 25.3 Å². The highest BCUT2D eigenvalue weighted by atomic mass is 28.4. The average molecular weight is 301 g/mol. The molecule has 0 fully saturated rings. The molecule has 0 saturated carbocycles. The van der Waals surface area contributed by atoms with E-state index in [2.05, 4.69) is 39.3 Å². The summed E-state index contributed by atoms with van der Waals surface area (Å²) in [4.78, 5) is 22.2. The zero-order valence-corrected chi connectivity index (χ0v) is 14.3. The molecule has 0 aromatic rings. The zero-order chi connectivity index (χ0) is 15.1.